The smallest absolute Gasteiger partial charge is 0.258 e. The number of rotatable bonds is 5. The predicted octanol–water partition coefficient (Wildman–Crippen LogP) is 2.69. The third-order valence-corrected chi connectivity index (χ3v) is 3.38. The van der Waals surface area contributed by atoms with Gasteiger partial charge in [-0.1, -0.05) is 12.1 Å². The van der Waals surface area contributed by atoms with Crippen LogP contribution >= 0.6 is 0 Å². The Hall–Kier alpha value is -1.20. The molecule has 1 atom stereocenters. The van der Waals surface area contributed by atoms with Crippen molar-refractivity contribution in [1.29, 1.82) is 0 Å². The summed E-state index contributed by atoms with van der Waals surface area (Å²) in [6, 6.07) is 6.21. The first-order valence-corrected chi connectivity index (χ1v) is 7.07. The molecule has 3 nitrogen and oxygen atoms in total. The summed E-state index contributed by atoms with van der Waals surface area (Å²) in [6.45, 7) is 6.71. The number of nitrogens with one attached hydrogen (secondary N) is 1. The predicted molar refractivity (Wildman–Crippen MR) is 75.4 cm³/mol. The van der Waals surface area contributed by atoms with E-state index >= 15 is 0 Å². The van der Waals surface area contributed by atoms with Gasteiger partial charge in [0.1, 0.15) is 5.75 Å². The van der Waals surface area contributed by atoms with Gasteiger partial charge in [-0.2, -0.15) is 0 Å². The van der Waals surface area contributed by atoms with Crippen LogP contribution in [-0.2, 0) is 0 Å². The second-order valence-electron chi connectivity index (χ2n) is 5.30. The molecule has 0 aromatic heterocycles. The molecule has 0 unspecified atom stereocenters. The molecule has 0 saturated carbocycles. The second kappa shape index (κ2) is 6.99. The Labute approximate surface area is 118 Å². The molecule has 1 aromatic rings. The van der Waals surface area contributed by atoms with Crippen molar-refractivity contribution in [1.82, 2.24) is 10.2 Å². The Morgan fingerprint density at radius 1 is 1.10 bits per heavy atom. The van der Waals surface area contributed by atoms with Crippen LogP contribution in [0.5, 0.6) is 5.75 Å². The third-order valence-electron chi connectivity index (χ3n) is 3.38. The number of hydrogen-bond donors (Lipinski definition) is 1. The van der Waals surface area contributed by atoms with Crippen LogP contribution in [0.15, 0.2) is 24.3 Å². The van der Waals surface area contributed by atoms with E-state index in [0.717, 1.165) is 18.8 Å². The molecular formula is C15H22F2N2O. The molecular weight excluding hydrogens is 262 g/mol. The van der Waals surface area contributed by atoms with Gasteiger partial charge in [0.2, 0.25) is 0 Å². The summed E-state index contributed by atoms with van der Waals surface area (Å²) in [6.07, 6.45) is -2.30. The van der Waals surface area contributed by atoms with Crippen LogP contribution < -0.4 is 10.1 Å². The molecule has 0 bridgehead atoms. The van der Waals surface area contributed by atoms with Gasteiger partial charge in [0.05, 0.1) is 12.1 Å². The van der Waals surface area contributed by atoms with E-state index < -0.39 is 12.5 Å². The van der Waals surface area contributed by atoms with Crippen molar-refractivity contribution in [3.8, 4) is 5.75 Å². The molecule has 0 spiro atoms. The number of piperazine rings is 1. The van der Waals surface area contributed by atoms with Gasteiger partial charge in [-0.05, 0) is 31.5 Å². The highest BCUT2D eigenvalue weighted by Crippen LogP contribution is 2.29. The van der Waals surface area contributed by atoms with Gasteiger partial charge in [0.15, 0.2) is 0 Å². The summed E-state index contributed by atoms with van der Waals surface area (Å²) in [7, 11) is 0. The molecule has 0 radical (unpaired) electrons. The number of nitrogens with zero attached hydrogens (tertiary/aromatic N) is 1. The monoisotopic (exact) mass is 284 g/mol. The lowest BCUT2D eigenvalue weighted by molar-refractivity contribution is 0.0181. The highest BCUT2D eigenvalue weighted by atomic mass is 19.3. The molecule has 1 N–H and O–H groups in total. The van der Waals surface area contributed by atoms with E-state index in [2.05, 4.69) is 5.32 Å². The first kappa shape index (κ1) is 15.2. The average molecular weight is 284 g/mol. The van der Waals surface area contributed by atoms with E-state index in [0.29, 0.717) is 18.7 Å². The minimum atomic E-state index is -2.38. The molecule has 2 rings (SSSR count). The van der Waals surface area contributed by atoms with E-state index in [1.54, 1.807) is 24.3 Å². The number of alkyl halides is 2. The molecule has 5 heteroatoms. The minimum Gasteiger partial charge on any atom is -0.491 e. The Balaban J connectivity index is 2.12. The van der Waals surface area contributed by atoms with Gasteiger partial charge in [-0.15, -0.1) is 0 Å². The first-order valence-electron chi connectivity index (χ1n) is 7.07. The summed E-state index contributed by atoms with van der Waals surface area (Å²) in [5, 5.41) is 3.18. The Bertz CT molecular complexity index is 403. The summed E-state index contributed by atoms with van der Waals surface area (Å²) in [5.74, 6) is 0.720. The first-order chi connectivity index (χ1) is 9.58. The van der Waals surface area contributed by atoms with Crippen molar-refractivity contribution in [2.45, 2.75) is 32.4 Å². The van der Waals surface area contributed by atoms with Crippen molar-refractivity contribution >= 4 is 0 Å². The van der Waals surface area contributed by atoms with Crippen LogP contribution in [0.3, 0.4) is 0 Å². The SMILES string of the molecule is CC(C)Oc1ccc([C@@H](C(F)F)N2CCNCC2)cc1. The van der Waals surface area contributed by atoms with E-state index in [4.69, 9.17) is 4.74 Å². The number of halogens is 2. The van der Waals surface area contributed by atoms with Crippen molar-refractivity contribution in [3.05, 3.63) is 29.8 Å². The summed E-state index contributed by atoms with van der Waals surface area (Å²) >= 11 is 0. The van der Waals surface area contributed by atoms with E-state index in [-0.39, 0.29) is 6.10 Å². The lowest BCUT2D eigenvalue weighted by Gasteiger charge is -2.34. The van der Waals surface area contributed by atoms with Crippen LogP contribution in [0.25, 0.3) is 0 Å². The fraction of sp³-hybridized carbons (Fsp3) is 0.600. The average Bonchev–Trinajstić information content (AvgIpc) is 2.41. The maximum atomic E-state index is 13.4. The van der Waals surface area contributed by atoms with Gasteiger partial charge in [-0.3, -0.25) is 4.90 Å². The molecule has 1 aromatic carbocycles. The molecule has 112 valence electrons. The Kier molecular flexibility index (Phi) is 5.31. The molecule has 20 heavy (non-hydrogen) atoms. The van der Waals surface area contributed by atoms with E-state index in [1.165, 1.54) is 0 Å². The quantitative estimate of drug-likeness (QED) is 0.899. The summed E-state index contributed by atoms with van der Waals surface area (Å²) < 4.78 is 32.3. The maximum Gasteiger partial charge on any atom is 0.258 e. The van der Waals surface area contributed by atoms with Gasteiger partial charge < -0.3 is 10.1 Å². The Morgan fingerprint density at radius 3 is 2.20 bits per heavy atom. The van der Waals surface area contributed by atoms with Crippen LogP contribution in [0.1, 0.15) is 25.5 Å². The van der Waals surface area contributed by atoms with Gasteiger partial charge in [0, 0.05) is 26.2 Å². The van der Waals surface area contributed by atoms with Crippen molar-refractivity contribution in [2.75, 3.05) is 26.2 Å². The van der Waals surface area contributed by atoms with Crippen LogP contribution in [0.2, 0.25) is 0 Å². The summed E-state index contributed by atoms with van der Waals surface area (Å²) in [5.41, 5.74) is 0.651. The zero-order chi connectivity index (χ0) is 14.5. The van der Waals surface area contributed by atoms with Crippen LogP contribution in [0.4, 0.5) is 8.78 Å². The van der Waals surface area contributed by atoms with Gasteiger partial charge in [0.25, 0.3) is 6.43 Å². The zero-order valence-electron chi connectivity index (χ0n) is 12.0. The largest absolute Gasteiger partial charge is 0.491 e. The van der Waals surface area contributed by atoms with E-state index in [1.807, 2.05) is 18.7 Å². The molecule has 1 heterocycles. The van der Waals surface area contributed by atoms with Crippen LogP contribution in [0, 0.1) is 0 Å². The standard InChI is InChI=1S/C15H22F2N2O/c1-11(2)20-13-5-3-12(4-6-13)14(15(16)17)19-9-7-18-8-10-19/h3-6,11,14-15,18H,7-10H2,1-2H3/t14-/m0/s1. The van der Waals surface area contributed by atoms with Crippen molar-refractivity contribution < 1.29 is 13.5 Å². The zero-order valence-corrected chi connectivity index (χ0v) is 12.0. The van der Waals surface area contributed by atoms with Gasteiger partial charge in [-0.25, -0.2) is 8.78 Å². The number of hydrogen-bond acceptors (Lipinski definition) is 3. The fourth-order valence-corrected chi connectivity index (χ4v) is 2.49. The second-order valence-corrected chi connectivity index (χ2v) is 5.30. The molecule has 1 aliphatic rings. The number of benzene rings is 1. The highest BCUT2D eigenvalue weighted by molar-refractivity contribution is 5.29. The molecule has 0 aliphatic carbocycles. The van der Waals surface area contributed by atoms with Crippen molar-refractivity contribution in [3.63, 3.8) is 0 Å². The highest BCUT2D eigenvalue weighted by Gasteiger charge is 2.29. The Morgan fingerprint density at radius 2 is 1.70 bits per heavy atom. The lowest BCUT2D eigenvalue weighted by Crippen LogP contribution is -2.46. The molecule has 0 amide bonds. The third kappa shape index (κ3) is 3.90. The lowest BCUT2D eigenvalue weighted by atomic mass is 10.0. The summed E-state index contributed by atoms with van der Waals surface area (Å²) in [4.78, 5) is 1.85. The fourth-order valence-electron chi connectivity index (χ4n) is 2.49. The number of ether oxygens (including phenoxy) is 1. The van der Waals surface area contributed by atoms with Crippen LogP contribution in [-0.4, -0.2) is 43.6 Å². The normalized spacial score (nSPS) is 18.5. The topological polar surface area (TPSA) is 24.5 Å². The molecule has 1 fully saturated rings. The molecule has 1 saturated heterocycles. The van der Waals surface area contributed by atoms with E-state index in [9.17, 15) is 8.78 Å². The molecule has 1 aliphatic heterocycles. The minimum absolute atomic E-state index is 0.0833. The van der Waals surface area contributed by atoms with Gasteiger partial charge >= 0.3 is 0 Å². The van der Waals surface area contributed by atoms with Crippen molar-refractivity contribution in [2.24, 2.45) is 0 Å². The maximum absolute atomic E-state index is 13.4.